The number of halogens is 1. The average Bonchev–Trinajstić information content (AvgIpc) is 2.62. The highest BCUT2D eigenvalue weighted by molar-refractivity contribution is 5.32. The number of aliphatic hydroxyl groups excluding tert-OH is 1. The van der Waals surface area contributed by atoms with E-state index in [1.165, 1.54) is 31.4 Å². The van der Waals surface area contributed by atoms with Gasteiger partial charge in [-0.15, -0.1) is 0 Å². The van der Waals surface area contributed by atoms with Crippen molar-refractivity contribution in [2.45, 2.75) is 38.8 Å². The van der Waals surface area contributed by atoms with Crippen LogP contribution in [0, 0.1) is 12.7 Å². The van der Waals surface area contributed by atoms with Crippen molar-refractivity contribution >= 4 is 5.95 Å². The number of aliphatic hydroxyl groups is 1. The predicted octanol–water partition coefficient (Wildman–Crippen LogP) is 2.74. The van der Waals surface area contributed by atoms with E-state index in [9.17, 15) is 9.50 Å². The number of hydrogen-bond acceptors (Lipinski definition) is 5. The molecule has 3 rings (SSSR count). The molecule has 6 heteroatoms. The molecule has 2 heterocycles. The molecule has 1 aliphatic heterocycles. The SMILES string of the molecule is Cc1cc(CNCC(O)c2ccc(F)cc2)nc(N2CCCCC2)n1. The van der Waals surface area contributed by atoms with Crippen LogP contribution in [0.1, 0.15) is 42.3 Å². The summed E-state index contributed by atoms with van der Waals surface area (Å²) in [5.41, 5.74) is 2.56. The number of nitrogens with zero attached hydrogens (tertiary/aromatic N) is 3. The third-order valence-corrected chi connectivity index (χ3v) is 4.43. The summed E-state index contributed by atoms with van der Waals surface area (Å²) in [6.45, 7) is 4.95. The van der Waals surface area contributed by atoms with Gasteiger partial charge in [0.2, 0.25) is 5.95 Å². The van der Waals surface area contributed by atoms with Crippen LogP contribution in [0.3, 0.4) is 0 Å². The van der Waals surface area contributed by atoms with Gasteiger partial charge in [-0.2, -0.15) is 0 Å². The largest absolute Gasteiger partial charge is 0.387 e. The predicted molar refractivity (Wildman–Crippen MR) is 95.9 cm³/mol. The number of anilines is 1. The molecule has 0 radical (unpaired) electrons. The molecule has 0 saturated carbocycles. The summed E-state index contributed by atoms with van der Waals surface area (Å²) in [4.78, 5) is 11.5. The van der Waals surface area contributed by atoms with Crippen LogP contribution in [-0.4, -0.2) is 34.7 Å². The van der Waals surface area contributed by atoms with Crippen LogP contribution in [0.25, 0.3) is 0 Å². The molecule has 134 valence electrons. The van der Waals surface area contributed by atoms with Gasteiger partial charge in [-0.3, -0.25) is 0 Å². The lowest BCUT2D eigenvalue weighted by atomic mass is 10.1. The first-order valence-corrected chi connectivity index (χ1v) is 8.85. The second-order valence-corrected chi connectivity index (χ2v) is 6.55. The van der Waals surface area contributed by atoms with E-state index in [-0.39, 0.29) is 5.82 Å². The van der Waals surface area contributed by atoms with Gasteiger partial charge in [0.25, 0.3) is 0 Å². The molecular formula is C19H25FN4O. The summed E-state index contributed by atoms with van der Waals surface area (Å²) in [6, 6.07) is 7.88. The third-order valence-electron chi connectivity index (χ3n) is 4.43. The zero-order valence-electron chi connectivity index (χ0n) is 14.6. The minimum atomic E-state index is -0.676. The van der Waals surface area contributed by atoms with E-state index in [4.69, 9.17) is 0 Å². The molecule has 1 saturated heterocycles. The van der Waals surface area contributed by atoms with E-state index in [1.54, 1.807) is 12.1 Å². The van der Waals surface area contributed by atoms with Gasteiger partial charge in [-0.05, 0) is 49.9 Å². The molecular weight excluding hydrogens is 319 g/mol. The Morgan fingerprint density at radius 2 is 1.88 bits per heavy atom. The van der Waals surface area contributed by atoms with Crippen LogP contribution >= 0.6 is 0 Å². The number of benzene rings is 1. The fraction of sp³-hybridized carbons (Fsp3) is 0.474. The number of rotatable bonds is 6. The Bertz CT molecular complexity index is 686. The molecule has 1 atom stereocenters. The first-order valence-electron chi connectivity index (χ1n) is 8.85. The van der Waals surface area contributed by atoms with Gasteiger partial charge in [-0.1, -0.05) is 12.1 Å². The fourth-order valence-corrected chi connectivity index (χ4v) is 3.08. The van der Waals surface area contributed by atoms with Crippen LogP contribution in [-0.2, 0) is 6.54 Å². The first-order chi connectivity index (χ1) is 12.1. The number of aryl methyl sites for hydroxylation is 1. The summed E-state index contributed by atoms with van der Waals surface area (Å²) in [7, 11) is 0. The van der Waals surface area contributed by atoms with Crippen molar-refractivity contribution < 1.29 is 9.50 Å². The maximum Gasteiger partial charge on any atom is 0.225 e. The number of piperidine rings is 1. The van der Waals surface area contributed by atoms with E-state index in [0.717, 1.165) is 30.4 Å². The second kappa shape index (κ2) is 8.36. The molecule has 5 nitrogen and oxygen atoms in total. The molecule has 0 bridgehead atoms. The molecule has 25 heavy (non-hydrogen) atoms. The smallest absolute Gasteiger partial charge is 0.225 e. The molecule has 1 aromatic heterocycles. The zero-order chi connectivity index (χ0) is 17.6. The van der Waals surface area contributed by atoms with Gasteiger partial charge in [0.05, 0.1) is 11.8 Å². The summed E-state index contributed by atoms with van der Waals surface area (Å²) in [6.07, 6.45) is 2.98. The number of aromatic nitrogens is 2. The van der Waals surface area contributed by atoms with Gasteiger partial charge in [0, 0.05) is 31.9 Å². The Balaban J connectivity index is 1.57. The summed E-state index contributed by atoms with van der Waals surface area (Å²) < 4.78 is 12.9. The Morgan fingerprint density at radius 1 is 1.16 bits per heavy atom. The summed E-state index contributed by atoms with van der Waals surface area (Å²) in [5.74, 6) is 0.501. The Morgan fingerprint density at radius 3 is 2.60 bits per heavy atom. The van der Waals surface area contributed by atoms with E-state index in [1.807, 2.05) is 13.0 Å². The minimum Gasteiger partial charge on any atom is -0.387 e. The molecule has 1 fully saturated rings. The van der Waals surface area contributed by atoms with Crippen LogP contribution in [0.15, 0.2) is 30.3 Å². The zero-order valence-corrected chi connectivity index (χ0v) is 14.6. The molecule has 0 aliphatic carbocycles. The summed E-state index contributed by atoms with van der Waals surface area (Å²) in [5, 5.41) is 13.4. The standard InChI is InChI=1S/C19H25FN4O/c1-14-11-17(23-19(22-14)24-9-3-2-4-10-24)12-21-13-18(25)15-5-7-16(20)8-6-15/h5-8,11,18,21,25H,2-4,9-10,12-13H2,1H3. The van der Waals surface area contributed by atoms with Gasteiger partial charge >= 0.3 is 0 Å². The fourth-order valence-electron chi connectivity index (χ4n) is 3.08. The van der Waals surface area contributed by atoms with Crippen LogP contribution in [0.4, 0.5) is 10.3 Å². The monoisotopic (exact) mass is 344 g/mol. The van der Waals surface area contributed by atoms with Crippen molar-refractivity contribution in [3.05, 3.63) is 53.1 Å². The van der Waals surface area contributed by atoms with Gasteiger partial charge in [0.1, 0.15) is 5.82 Å². The normalized spacial score (nSPS) is 16.0. The number of nitrogens with one attached hydrogen (secondary N) is 1. The van der Waals surface area contributed by atoms with Crippen LogP contribution < -0.4 is 10.2 Å². The Labute approximate surface area is 147 Å². The molecule has 0 amide bonds. The number of hydrogen-bond donors (Lipinski definition) is 2. The van der Waals surface area contributed by atoms with Crippen molar-refractivity contribution in [2.75, 3.05) is 24.5 Å². The average molecular weight is 344 g/mol. The quantitative estimate of drug-likeness (QED) is 0.844. The molecule has 1 aliphatic rings. The van der Waals surface area contributed by atoms with Crippen LogP contribution in [0.5, 0.6) is 0 Å². The molecule has 2 N–H and O–H groups in total. The van der Waals surface area contributed by atoms with Gasteiger partial charge < -0.3 is 15.3 Å². The lowest BCUT2D eigenvalue weighted by Crippen LogP contribution is -2.31. The second-order valence-electron chi connectivity index (χ2n) is 6.55. The maximum atomic E-state index is 12.9. The molecule has 1 aromatic carbocycles. The van der Waals surface area contributed by atoms with Crippen molar-refractivity contribution in [2.24, 2.45) is 0 Å². The van der Waals surface area contributed by atoms with Crippen molar-refractivity contribution in [1.29, 1.82) is 0 Å². The highest BCUT2D eigenvalue weighted by Gasteiger charge is 2.15. The van der Waals surface area contributed by atoms with Gasteiger partial charge in [0.15, 0.2) is 0 Å². The van der Waals surface area contributed by atoms with E-state index in [0.29, 0.717) is 18.7 Å². The van der Waals surface area contributed by atoms with E-state index in [2.05, 4.69) is 20.2 Å². The minimum absolute atomic E-state index is 0.300. The third kappa shape index (κ3) is 4.96. The first kappa shape index (κ1) is 17.8. The van der Waals surface area contributed by atoms with Crippen LogP contribution in [0.2, 0.25) is 0 Å². The summed E-state index contributed by atoms with van der Waals surface area (Å²) >= 11 is 0. The Hall–Kier alpha value is -2.05. The molecule has 1 unspecified atom stereocenters. The maximum absolute atomic E-state index is 12.9. The van der Waals surface area contributed by atoms with E-state index >= 15 is 0 Å². The molecule has 0 spiro atoms. The van der Waals surface area contributed by atoms with E-state index < -0.39 is 6.10 Å². The molecule has 2 aromatic rings. The van der Waals surface area contributed by atoms with Crippen molar-refractivity contribution in [3.63, 3.8) is 0 Å². The highest BCUT2D eigenvalue weighted by Crippen LogP contribution is 2.17. The topological polar surface area (TPSA) is 61.3 Å². The van der Waals surface area contributed by atoms with Gasteiger partial charge in [-0.25, -0.2) is 14.4 Å². The Kier molecular flexibility index (Phi) is 5.94. The van der Waals surface area contributed by atoms with Crippen molar-refractivity contribution in [3.8, 4) is 0 Å². The lowest BCUT2D eigenvalue weighted by molar-refractivity contribution is 0.174. The lowest BCUT2D eigenvalue weighted by Gasteiger charge is -2.27. The van der Waals surface area contributed by atoms with Crippen molar-refractivity contribution in [1.82, 2.24) is 15.3 Å². The highest BCUT2D eigenvalue weighted by atomic mass is 19.1.